The summed E-state index contributed by atoms with van der Waals surface area (Å²) in [7, 11) is 0. The Bertz CT molecular complexity index is 948. The number of hydrogen-bond donors (Lipinski definition) is 1. The summed E-state index contributed by atoms with van der Waals surface area (Å²) < 4.78 is 5.54. The highest BCUT2D eigenvalue weighted by Gasteiger charge is 2.03. The summed E-state index contributed by atoms with van der Waals surface area (Å²) in [6.45, 7) is 6.11. The zero-order valence-electron chi connectivity index (χ0n) is 17.4. The number of nitrogens with zero attached hydrogens (tertiary/aromatic N) is 2. The summed E-state index contributed by atoms with van der Waals surface area (Å²) in [6.07, 6.45) is 1.62. The molecule has 0 radical (unpaired) electrons. The van der Waals surface area contributed by atoms with Crippen LogP contribution in [0.2, 0.25) is 0 Å². The van der Waals surface area contributed by atoms with Crippen molar-refractivity contribution < 1.29 is 9.53 Å². The fourth-order valence-corrected chi connectivity index (χ4v) is 3.09. The highest BCUT2D eigenvalue weighted by atomic mass is 16.5. The summed E-state index contributed by atoms with van der Waals surface area (Å²) in [5.74, 6) is 0.332. The monoisotopic (exact) mass is 401 g/mol. The number of ether oxygens (including phenoxy) is 1. The predicted octanol–water partition coefficient (Wildman–Crippen LogP) is 4.73. The maximum absolute atomic E-state index is 12.0. The van der Waals surface area contributed by atoms with Gasteiger partial charge in [-0.1, -0.05) is 54.6 Å². The molecule has 3 aromatic rings. The molecule has 0 heterocycles. The van der Waals surface area contributed by atoms with Crippen LogP contribution in [0, 0.1) is 0 Å². The van der Waals surface area contributed by atoms with Gasteiger partial charge in [-0.2, -0.15) is 5.10 Å². The number of carbonyl (C=O) groups is 1. The van der Waals surface area contributed by atoms with Crippen LogP contribution in [-0.4, -0.2) is 31.8 Å². The number of benzene rings is 3. The van der Waals surface area contributed by atoms with Crippen molar-refractivity contribution in [3.63, 3.8) is 0 Å². The minimum Gasteiger partial charge on any atom is -0.484 e. The lowest BCUT2D eigenvalue weighted by Crippen LogP contribution is -2.24. The first-order chi connectivity index (χ1) is 14.7. The van der Waals surface area contributed by atoms with Crippen molar-refractivity contribution in [3.8, 4) is 16.9 Å². The Balaban J connectivity index is 1.45. The van der Waals surface area contributed by atoms with Crippen LogP contribution in [0.1, 0.15) is 19.4 Å². The predicted molar refractivity (Wildman–Crippen MR) is 123 cm³/mol. The van der Waals surface area contributed by atoms with Crippen LogP contribution >= 0.6 is 0 Å². The molecule has 0 unspecified atom stereocenters. The van der Waals surface area contributed by atoms with Crippen molar-refractivity contribution in [2.45, 2.75) is 13.8 Å². The van der Waals surface area contributed by atoms with E-state index in [0.717, 1.165) is 29.8 Å². The topological polar surface area (TPSA) is 53.9 Å². The highest BCUT2D eigenvalue weighted by Crippen LogP contribution is 2.22. The number of rotatable bonds is 9. The lowest BCUT2D eigenvalue weighted by atomic mass is 10.1. The average Bonchev–Trinajstić information content (AvgIpc) is 2.80. The molecule has 3 rings (SSSR count). The molecular formula is C25H27N3O2. The van der Waals surface area contributed by atoms with Gasteiger partial charge >= 0.3 is 0 Å². The third-order valence-corrected chi connectivity index (χ3v) is 4.76. The first kappa shape index (κ1) is 21.1. The van der Waals surface area contributed by atoms with Crippen LogP contribution in [0.3, 0.4) is 0 Å². The van der Waals surface area contributed by atoms with Gasteiger partial charge in [0.05, 0.1) is 6.21 Å². The molecule has 0 spiro atoms. The van der Waals surface area contributed by atoms with E-state index in [-0.39, 0.29) is 12.5 Å². The molecule has 0 aromatic heterocycles. The molecule has 5 nitrogen and oxygen atoms in total. The summed E-state index contributed by atoms with van der Waals surface area (Å²) in [5.41, 5.74) is 6.83. The SMILES string of the molecule is CCN(CC)c1ccc(/C=N\NC(=O)COc2ccc(-c3ccccc3)cc2)cc1. The van der Waals surface area contributed by atoms with Crippen molar-refractivity contribution in [2.24, 2.45) is 5.10 Å². The van der Waals surface area contributed by atoms with Crippen LogP contribution in [0.4, 0.5) is 5.69 Å². The van der Waals surface area contributed by atoms with Gasteiger partial charge in [0.25, 0.3) is 5.91 Å². The molecule has 0 atom stereocenters. The molecular weight excluding hydrogens is 374 g/mol. The standard InChI is InChI=1S/C25H27N3O2/c1-3-28(4-2)23-14-10-20(11-15-23)18-26-27-25(29)19-30-24-16-12-22(13-17-24)21-8-6-5-7-9-21/h5-18H,3-4,19H2,1-2H3,(H,27,29)/b26-18-. The van der Waals surface area contributed by atoms with Crippen LogP contribution in [0.15, 0.2) is 84.0 Å². The third-order valence-electron chi connectivity index (χ3n) is 4.76. The molecule has 0 saturated carbocycles. The van der Waals surface area contributed by atoms with E-state index in [1.807, 2.05) is 54.6 Å². The maximum atomic E-state index is 12.0. The van der Waals surface area contributed by atoms with Gasteiger partial charge < -0.3 is 9.64 Å². The summed E-state index contributed by atoms with van der Waals surface area (Å²) >= 11 is 0. The number of carbonyl (C=O) groups excluding carboxylic acids is 1. The van der Waals surface area contributed by atoms with Gasteiger partial charge in [-0.15, -0.1) is 0 Å². The van der Waals surface area contributed by atoms with Gasteiger partial charge in [-0.25, -0.2) is 5.43 Å². The summed E-state index contributed by atoms with van der Waals surface area (Å²) in [6, 6.07) is 25.8. The van der Waals surface area contributed by atoms with E-state index in [2.05, 4.69) is 53.5 Å². The van der Waals surface area contributed by atoms with Gasteiger partial charge in [-0.05, 0) is 54.8 Å². The van der Waals surface area contributed by atoms with Crippen LogP contribution in [0.5, 0.6) is 5.75 Å². The minimum absolute atomic E-state index is 0.0943. The first-order valence-corrected chi connectivity index (χ1v) is 10.1. The smallest absolute Gasteiger partial charge is 0.277 e. The molecule has 0 bridgehead atoms. The van der Waals surface area contributed by atoms with Gasteiger partial charge in [0.2, 0.25) is 0 Å². The molecule has 0 aliphatic heterocycles. The normalized spacial score (nSPS) is 10.7. The van der Waals surface area contributed by atoms with Gasteiger partial charge in [0, 0.05) is 18.8 Å². The van der Waals surface area contributed by atoms with Crippen LogP contribution < -0.4 is 15.1 Å². The zero-order valence-corrected chi connectivity index (χ0v) is 17.4. The Morgan fingerprint density at radius 1 is 0.900 bits per heavy atom. The Labute approximate surface area is 178 Å². The molecule has 0 aliphatic carbocycles. The molecule has 30 heavy (non-hydrogen) atoms. The molecule has 154 valence electrons. The van der Waals surface area contributed by atoms with Crippen molar-refractivity contribution >= 4 is 17.8 Å². The van der Waals surface area contributed by atoms with E-state index in [1.54, 1.807) is 6.21 Å². The quantitative estimate of drug-likeness (QED) is 0.417. The van der Waals surface area contributed by atoms with Crippen molar-refractivity contribution in [2.75, 3.05) is 24.6 Å². The number of hydrogen-bond acceptors (Lipinski definition) is 4. The lowest BCUT2D eigenvalue weighted by Gasteiger charge is -2.20. The zero-order chi connectivity index (χ0) is 21.2. The van der Waals surface area contributed by atoms with E-state index in [0.29, 0.717) is 5.75 Å². The van der Waals surface area contributed by atoms with Gasteiger partial charge in [0.1, 0.15) is 5.75 Å². The second-order valence-electron chi connectivity index (χ2n) is 6.74. The number of amides is 1. The van der Waals surface area contributed by atoms with Crippen molar-refractivity contribution in [1.29, 1.82) is 0 Å². The fraction of sp³-hybridized carbons (Fsp3) is 0.200. The van der Waals surface area contributed by atoms with Crippen molar-refractivity contribution in [1.82, 2.24) is 5.43 Å². The van der Waals surface area contributed by atoms with Crippen LogP contribution in [0.25, 0.3) is 11.1 Å². The third kappa shape index (κ3) is 5.95. The second kappa shape index (κ2) is 10.8. The fourth-order valence-electron chi connectivity index (χ4n) is 3.09. The van der Waals surface area contributed by atoms with E-state index in [1.165, 1.54) is 5.69 Å². The van der Waals surface area contributed by atoms with E-state index < -0.39 is 0 Å². The van der Waals surface area contributed by atoms with E-state index in [9.17, 15) is 4.79 Å². The van der Waals surface area contributed by atoms with E-state index in [4.69, 9.17) is 4.74 Å². The first-order valence-electron chi connectivity index (χ1n) is 10.1. The number of anilines is 1. The summed E-state index contributed by atoms with van der Waals surface area (Å²) in [5, 5.41) is 4.00. The molecule has 0 saturated heterocycles. The Kier molecular flexibility index (Phi) is 7.61. The molecule has 1 amide bonds. The Hall–Kier alpha value is -3.60. The molecule has 0 fully saturated rings. The minimum atomic E-state index is -0.307. The Morgan fingerprint density at radius 3 is 2.17 bits per heavy atom. The largest absolute Gasteiger partial charge is 0.484 e. The van der Waals surface area contributed by atoms with Crippen LogP contribution in [-0.2, 0) is 4.79 Å². The lowest BCUT2D eigenvalue weighted by molar-refractivity contribution is -0.123. The molecule has 1 N–H and O–H groups in total. The summed E-state index contributed by atoms with van der Waals surface area (Å²) in [4.78, 5) is 14.2. The molecule has 0 aliphatic rings. The Morgan fingerprint density at radius 2 is 1.53 bits per heavy atom. The van der Waals surface area contributed by atoms with E-state index >= 15 is 0 Å². The van der Waals surface area contributed by atoms with Crippen molar-refractivity contribution in [3.05, 3.63) is 84.4 Å². The molecule has 5 heteroatoms. The second-order valence-corrected chi connectivity index (χ2v) is 6.74. The highest BCUT2D eigenvalue weighted by molar-refractivity contribution is 5.83. The number of hydrazone groups is 1. The van der Waals surface area contributed by atoms with Gasteiger partial charge in [0.15, 0.2) is 6.61 Å². The number of nitrogens with one attached hydrogen (secondary N) is 1. The maximum Gasteiger partial charge on any atom is 0.277 e. The average molecular weight is 402 g/mol. The molecule has 3 aromatic carbocycles. The van der Waals surface area contributed by atoms with Gasteiger partial charge in [-0.3, -0.25) is 4.79 Å².